The Hall–Kier alpha value is -0.540. The molecule has 3 heteroatoms. The number of hydrogen-bond acceptors (Lipinski definition) is 2. The molecule has 0 saturated heterocycles. The molecule has 0 spiro atoms. The van der Waals surface area contributed by atoms with E-state index in [1.54, 1.807) is 0 Å². The van der Waals surface area contributed by atoms with Crippen LogP contribution in [0.3, 0.4) is 0 Å². The largest absolute Gasteiger partial charge is 0.490 e. The third-order valence-corrected chi connectivity index (χ3v) is 4.72. The Balaban J connectivity index is 2.10. The molecule has 2 rings (SSSR count). The van der Waals surface area contributed by atoms with Crippen LogP contribution in [0, 0.1) is 5.92 Å². The minimum absolute atomic E-state index is 0.398. The van der Waals surface area contributed by atoms with Gasteiger partial charge < -0.3 is 10.1 Å². The zero-order valence-corrected chi connectivity index (χ0v) is 14.2. The molecule has 1 aliphatic rings. The molecule has 0 heterocycles. The molecule has 1 saturated carbocycles. The van der Waals surface area contributed by atoms with Gasteiger partial charge in [-0.15, -0.1) is 0 Å². The van der Waals surface area contributed by atoms with Crippen LogP contribution in [-0.2, 0) is 6.54 Å². The lowest BCUT2D eigenvalue weighted by Gasteiger charge is -2.32. The molecule has 0 aromatic heterocycles. The smallest absolute Gasteiger partial charge is 0.124 e. The van der Waals surface area contributed by atoms with Crippen molar-refractivity contribution in [2.24, 2.45) is 5.92 Å². The molecule has 1 aliphatic carbocycles. The highest BCUT2D eigenvalue weighted by Gasteiger charge is 2.25. The first-order valence-corrected chi connectivity index (χ1v) is 8.69. The number of halogens is 1. The molecule has 0 bridgehead atoms. The number of benzene rings is 1. The second-order valence-electron chi connectivity index (χ2n) is 5.64. The van der Waals surface area contributed by atoms with Gasteiger partial charge in [-0.1, -0.05) is 36.2 Å². The van der Waals surface area contributed by atoms with E-state index in [1.807, 2.05) is 0 Å². The summed E-state index contributed by atoms with van der Waals surface area (Å²) < 4.78 is 7.50. The summed E-state index contributed by atoms with van der Waals surface area (Å²) >= 11 is 3.56. The van der Waals surface area contributed by atoms with Gasteiger partial charge in [-0.3, -0.25) is 0 Å². The average Bonchev–Trinajstić information content (AvgIpc) is 2.48. The zero-order valence-electron chi connectivity index (χ0n) is 12.6. The summed E-state index contributed by atoms with van der Waals surface area (Å²) in [5, 5.41) is 3.39. The van der Waals surface area contributed by atoms with Crippen LogP contribution in [0.25, 0.3) is 0 Å². The van der Waals surface area contributed by atoms with Crippen LogP contribution in [0.2, 0.25) is 0 Å². The highest BCUT2D eigenvalue weighted by molar-refractivity contribution is 9.10. The summed E-state index contributed by atoms with van der Waals surface area (Å²) in [6.07, 6.45) is 6.82. The van der Waals surface area contributed by atoms with E-state index in [0.717, 1.165) is 29.2 Å². The maximum absolute atomic E-state index is 6.38. The third-order valence-electron chi connectivity index (χ3n) is 4.23. The van der Waals surface area contributed by atoms with Gasteiger partial charge in [0.05, 0.1) is 0 Å². The molecule has 112 valence electrons. The van der Waals surface area contributed by atoms with E-state index in [2.05, 4.69) is 53.3 Å². The molecular weight excluding hydrogens is 314 g/mol. The Bertz CT molecular complexity index is 421. The van der Waals surface area contributed by atoms with Gasteiger partial charge in [-0.05, 0) is 56.3 Å². The first-order valence-electron chi connectivity index (χ1n) is 7.90. The Morgan fingerprint density at radius 1 is 1.25 bits per heavy atom. The topological polar surface area (TPSA) is 21.3 Å². The van der Waals surface area contributed by atoms with Gasteiger partial charge in [0.2, 0.25) is 0 Å². The van der Waals surface area contributed by atoms with E-state index >= 15 is 0 Å². The lowest BCUT2D eigenvalue weighted by molar-refractivity contribution is 0.0893. The first-order chi connectivity index (χ1) is 9.74. The van der Waals surface area contributed by atoms with Gasteiger partial charge in [-0.2, -0.15) is 0 Å². The molecule has 2 atom stereocenters. The molecule has 2 nitrogen and oxygen atoms in total. The van der Waals surface area contributed by atoms with E-state index in [9.17, 15) is 0 Å². The summed E-state index contributed by atoms with van der Waals surface area (Å²) in [6.45, 7) is 6.27. The number of nitrogens with one attached hydrogen (secondary N) is 1. The van der Waals surface area contributed by atoms with Crippen molar-refractivity contribution < 1.29 is 4.74 Å². The van der Waals surface area contributed by atoms with Crippen LogP contribution >= 0.6 is 15.9 Å². The third kappa shape index (κ3) is 4.23. The molecule has 1 fully saturated rings. The number of hydrogen-bond donors (Lipinski definition) is 1. The summed E-state index contributed by atoms with van der Waals surface area (Å²) in [6, 6.07) is 6.36. The van der Waals surface area contributed by atoms with Crippen LogP contribution in [-0.4, -0.2) is 12.6 Å². The van der Waals surface area contributed by atoms with Gasteiger partial charge in [0.15, 0.2) is 0 Å². The molecule has 1 N–H and O–H groups in total. The number of rotatable bonds is 6. The minimum Gasteiger partial charge on any atom is -0.490 e. The monoisotopic (exact) mass is 339 g/mol. The van der Waals surface area contributed by atoms with Crippen molar-refractivity contribution in [3.63, 3.8) is 0 Å². The predicted octanol–water partition coefficient (Wildman–Crippen LogP) is 4.91. The molecule has 2 unspecified atom stereocenters. The lowest BCUT2D eigenvalue weighted by Crippen LogP contribution is -2.30. The fourth-order valence-corrected chi connectivity index (χ4v) is 3.43. The van der Waals surface area contributed by atoms with Crippen molar-refractivity contribution in [3.8, 4) is 5.75 Å². The highest BCUT2D eigenvalue weighted by atomic mass is 79.9. The molecule has 1 aromatic carbocycles. The normalized spacial score (nSPS) is 22.8. The van der Waals surface area contributed by atoms with Crippen LogP contribution in [0.15, 0.2) is 22.7 Å². The average molecular weight is 340 g/mol. The van der Waals surface area contributed by atoms with Gasteiger partial charge in [0.25, 0.3) is 0 Å². The molecule has 0 amide bonds. The SMILES string of the molecule is CCNCc1cc(Br)ccc1OC1CCCCC1CC. The van der Waals surface area contributed by atoms with Crippen molar-refractivity contribution in [3.05, 3.63) is 28.2 Å². The van der Waals surface area contributed by atoms with Gasteiger partial charge in [0, 0.05) is 16.6 Å². The van der Waals surface area contributed by atoms with Crippen molar-refractivity contribution in [2.45, 2.75) is 58.6 Å². The van der Waals surface area contributed by atoms with E-state index in [0.29, 0.717) is 6.10 Å². The summed E-state index contributed by atoms with van der Waals surface area (Å²) in [7, 11) is 0. The summed E-state index contributed by atoms with van der Waals surface area (Å²) in [4.78, 5) is 0. The Kier molecular flexibility index (Phi) is 6.37. The van der Waals surface area contributed by atoms with Crippen molar-refractivity contribution in [1.82, 2.24) is 5.32 Å². The van der Waals surface area contributed by atoms with Crippen LogP contribution in [0.4, 0.5) is 0 Å². The predicted molar refractivity (Wildman–Crippen MR) is 88.2 cm³/mol. The molecule has 20 heavy (non-hydrogen) atoms. The second kappa shape index (κ2) is 8.04. The second-order valence-corrected chi connectivity index (χ2v) is 6.56. The van der Waals surface area contributed by atoms with E-state index < -0.39 is 0 Å². The maximum Gasteiger partial charge on any atom is 0.124 e. The Morgan fingerprint density at radius 3 is 2.80 bits per heavy atom. The van der Waals surface area contributed by atoms with Crippen LogP contribution in [0.5, 0.6) is 5.75 Å². The lowest BCUT2D eigenvalue weighted by atomic mass is 9.84. The fraction of sp³-hybridized carbons (Fsp3) is 0.647. The molecule has 1 aromatic rings. The number of ether oxygens (including phenoxy) is 1. The van der Waals surface area contributed by atoms with Gasteiger partial charge >= 0.3 is 0 Å². The molecule has 0 aliphatic heterocycles. The van der Waals surface area contributed by atoms with E-state index in [-0.39, 0.29) is 0 Å². The standard InChI is InChI=1S/C17H26BrNO/c1-3-13-7-5-6-8-16(13)20-17-10-9-15(18)11-14(17)12-19-4-2/h9-11,13,16,19H,3-8,12H2,1-2H3. The van der Waals surface area contributed by atoms with E-state index in [1.165, 1.54) is 37.7 Å². The Labute approximate surface area is 131 Å². The van der Waals surface area contributed by atoms with Gasteiger partial charge in [0.1, 0.15) is 11.9 Å². The first kappa shape index (κ1) is 15.8. The van der Waals surface area contributed by atoms with Crippen molar-refractivity contribution in [1.29, 1.82) is 0 Å². The molecule has 0 radical (unpaired) electrons. The van der Waals surface area contributed by atoms with Gasteiger partial charge in [-0.25, -0.2) is 0 Å². The Morgan fingerprint density at radius 2 is 2.05 bits per heavy atom. The van der Waals surface area contributed by atoms with Crippen LogP contribution in [0.1, 0.15) is 51.5 Å². The summed E-state index contributed by atoms with van der Waals surface area (Å²) in [5.41, 5.74) is 1.25. The quantitative estimate of drug-likeness (QED) is 0.795. The zero-order chi connectivity index (χ0) is 14.4. The van der Waals surface area contributed by atoms with Crippen molar-refractivity contribution >= 4 is 15.9 Å². The van der Waals surface area contributed by atoms with E-state index in [4.69, 9.17) is 4.74 Å². The fourth-order valence-electron chi connectivity index (χ4n) is 3.02. The molecular formula is C17H26BrNO. The van der Waals surface area contributed by atoms with Crippen molar-refractivity contribution in [2.75, 3.05) is 6.54 Å². The minimum atomic E-state index is 0.398. The summed E-state index contributed by atoms with van der Waals surface area (Å²) in [5.74, 6) is 1.78. The van der Waals surface area contributed by atoms with Crippen LogP contribution < -0.4 is 10.1 Å². The highest BCUT2D eigenvalue weighted by Crippen LogP contribution is 2.32. The maximum atomic E-state index is 6.38.